The molecule has 0 aromatic heterocycles. The predicted octanol–water partition coefficient (Wildman–Crippen LogP) is 4.22. The smallest absolute Gasteiger partial charge is 0.0731 e. The van der Waals surface area contributed by atoms with Crippen LogP contribution >= 0.6 is 15.9 Å². The van der Waals surface area contributed by atoms with Crippen LogP contribution in [0.4, 0.5) is 0 Å². The van der Waals surface area contributed by atoms with Crippen molar-refractivity contribution in [3.05, 3.63) is 64.4 Å². The third-order valence-electron chi connectivity index (χ3n) is 3.75. The predicted molar refractivity (Wildman–Crippen MR) is 98.1 cm³/mol. The van der Waals surface area contributed by atoms with E-state index in [-0.39, 0.29) is 0 Å². The van der Waals surface area contributed by atoms with E-state index in [1.807, 2.05) is 0 Å². The summed E-state index contributed by atoms with van der Waals surface area (Å²) in [6, 6.07) is 19.1. The molecule has 0 heterocycles. The van der Waals surface area contributed by atoms with Gasteiger partial charge in [-0.3, -0.25) is 4.99 Å². The highest BCUT2D eigenvalue weighted by molar-refractivity contribution is 9.10. The molecule has 0 unspecified atom stereocenters. The van der Waals surface area contributed by atoms with E-state index in [2.05, 4.69) is 89.5 Å². The van der Waals surface area contributed by atoms with Crippen molar-refractivity contribution in [1.82, 2.24) is 4.90 Å². The quantitative estimate of drug-likeness (QED) is 0.687. The van der Waals surface area contributed by atoms with Crippen LogP contribution in [-0.2, 0) is 0 Å². The summed E-state index contributed by atoms with van der Waals surface area (Å²) in [7, 11) is 4.15. The third-order valence-corrected chi connectivity index (χ3v) is 4.41. The summed E-state index contributed by atoms with van der Waals surface area (Å²) in [5, 5.41) is 5.87. The zero-order valence-corrected chi connectivity index (χ0v) is 14.5. The lowest BCUT2D eigenvalue weighted by atomic mass is 10.1. The Hall–Kier alpha value is -1.71. The van der Waals surface area contributed by atoms with Gasteiger partial charge in [0, 0.05) is 21.8 Å². The van der Waals surface area contributed by atoms with Gasteiger partial charge in [0.2, 0.25) is 0 Å². The molecule has 0 amide bonds. The minimum atomic E-state index is 0.794. The fraction of sp³-hybridized carbons (Fsp3) is 0.211. The average Bonchev–Trinajstić information content (AvgIpc) is 2.63. The molecular weight excluding hydrogens is 336 g/mol. The van der Waals surface area contributed by atoms with E-state index < -0.39 is 0 Å². The van der Waals surface area contributed by atoms with Crippen LogP contribution in [0.15, 0.2) is 64.1 Å². The monoisotopic (exact) mass is 354 g/mol. The zero-order chi connectivity index (χ0) is 15.5. The summed E-state index contributed by atoms with van der Waals surface area (Å²) in [4.78, 5) is 7.08. The Bertz CT molecular complexity index is 885. The van der Waals surface area contributed by atoms with Gasteiger partial charge in [-0.25, -0.2) is 0 Å². The average molecular weight is 355 g/mol. The molecule has 0 spiro atoms. The van der Waals surface area contributed by atoms with Crippen molar-refractivity contribution in [3.8, 4) is 0 Å². The summed E-state index contributed by atoms with van der Waals surface area (Å²) in [5.41, 5.74) is 0. The molecule has 3 rings (SSSR count). The lowest BCUT2D eigenvalue weighted by Gasteiger charge is -2.05. The first-order valence-electron chi connectivity index (χ1n) is 7.42. The van der Waals surface area contributed by atoms with E-state index in [4.69, 9.17) is 4.99 Å². The minimum Gasteiger partial charge on any atom is -0.308 e. The second kappa shape index (κ2) is 6.59. The van der Waals surface area contributed by atoms with Crippen LogP contribution in [0, 0.1) is 0 Å². The zero-order valence-electron chi connectivity index (χ0n) is 12.9. The van der Waals surface area contributed by atoms with Gasteiger partial charge in [0.15, 0.2) is 0 Å². The Balaban J connectivity index is 2.41. The molecule has 2 nitrogen and oxygen atoms in total. The molecule has 22 heavy (non-hydrogen) atoms. The number of likely N-dealkylation sites (N-methyl/N-ethyl adjacent to an activating group) is 1. The van der Waals surface area contributed by atoms with Crippen LogP contribution in [-0.4, -0.2) is 32.1 Å². The van der Waals surface area contributed by atoms with Gasteiger partial charge in [-0.05, 0) is 30.9 Å². The summed E-state index contributed by atoms with van der Waals surface area (Å²) >= 11 is 3.72. The Morgan fingerprint density at radius 1 is 0.909 bits per heavy atom. The highest BCUT2D eigenvalue weighted by atomic mass is 79.9. The van der Waals surface area contributed by atoms with E-state index in [1.54, 1.807) is 0 Å². The fourth-order valence-electron chi connectivity index (χ4n) is 2.63. The van der Waals surface area contributed by atoms with Gasteiger partial charge in [-0.1, -0.05) is 64.5 Å². The summed E-state index contributed by atoms with van der Waals surface area (Å²) in [5.74, 6) is 0. The SMILES string of the molecule is CN(C)CCN=c1c2ccccc2cc(Br)c2ccccc12. The number of hydrogen-bond acceptors (Lipinski definition) is 2. The van der Waals surface area contributed by atoms with Gasteiger partial charge in [-0.2, -0.15) is 0 Å². The van der Waals surface area contributed by atoms with Gasteiger partial charge < -0.3 is 4.90 Å². The van der Waals surface area contributed by atoms with Crippen LogP contribution in [0.1, 0.15) is 0 Å². The minimum absolute atomic E-state index is 0.794. The standard InChI is InChI=1S/C19H19BrN2/c1-22(2)12-11-21-19-15-8-4-3-7-14(15)13-18(20)16-9-5-6-10-17(16)19/h3-10,13H,11-12H2,1-2H3. The molecule has 0 aliphatic heterocycles. The third kappa shape index (κ3) is 3.06. The number of benzene rings is 2. The highest BCUT2D eigenvalue weighted by Gasteiger charge is 2.04. The van der Waals surface area contributed by atoms with E-state index in [1.165, 1.54) is 21.5 Å². The molecule has 0 saturated heterocycles. The number of rotatable bonds is 3. The van der Waals surface area contributed by atoms with Crippen molar-refractivity contribution in [3.63, 3.8) is 0 Å². The van der Waals surface area contributed by atoms with Gasteiger partial charge >= 0.3 is 0 Å². The molecule has 0 bridgehead atoms. The molecule has 3 aromatic rings. The van der Waals surface area contributed by atoms with E-state index in [9.17, 15) is 0 Å². The van der Waals surface area contributed by atoms with Crippen molar-refractivity contribution >= 4 is 37.5 Å². The fourth-order valence-corrected chi connectivity index (χ4v) is 3.22. The largest absolute Gasteiger partial charge is 0.308 e. The van der Waals surface area contributed by atoms with Crippen molar-refractivity contribution in [2.45, 2.75) is 0 Å². The summed E-state index contributed by atoms with van der Waals surface area (Å²) in [6.45, 7) is 1.74. The van der Waals surface area contributed by atoms with Crippen molar-refractivity contribution in [1.29, 1.82) is 0 Å². The normalized spacial score (nSPS) is 12.5. The van der Waals surface area contributed by atoms with Gasteiger partial charge in [0.05, 0.1) is 11.9 Å². The van der Waals surface area contributed by atoms with Crippen LogP contribution in [0.25, 0.3) is 21.5 Å². The molecule has 0 saturated carbocycles. The summed E-state index contributed by atoms with van der Waals surface area (Å²) < 4.78 is 1.10. The first-order chi connectivity index (χ1) is 10.7. The molecule has 0 fully saturated rings. The highest BCUT2D eigenvalue weighted by Crippen LogP contribution is 2.24. The molecule has 0 aliphatic rings. The van der Waals surface area contributed by atoms with Gasteiger partial charge in [-0.15, -0.1) is 0 Å². The lowest BCUT2D eigenvalue weighted by Crippen LogP contribution is -2.17. The van der Waals surface area contributed by atoms with Crippen molar-refractivity contribution in [2.24, 2.45) is 4.99 Å². The second-order valence-electron chi connectivity index (χ2n) is 5.66. The van der Waals surface area contributed by atoms with Gasteiger partial charge in [0.1, 0.15) is 0 Å². The molecule has 0 N–H and O–H groups in total. The van der Waals surface area contributed by atoms with Crippen LogP contribution in [0.2, 0.25) is 0 Å². The molecule has 0 atom stereocenters. The Kier molecular flexibility index (Phi) is 4.55. The Morgan fingerprint density at radius 3 is 2.27 bits per heavy atom. The number of halogens is 1. The van der Waals surface area contributed by atoms with Crippen LogP contribution in [0.3, 0.4) is 0 Å². The maximum atomic E-state index is 4.92. The van der Waals surface area contributed by atoms with E-state index in [0.29, 0.717) is 0 Å². The van der Waals surface area contributed by atoms with Crippen molar-refractivity contribution in [2.75, 3.05) is 27.2 Å². The number of hydrogen-bond donors (Lipinski definition) is 0. The molecule has 3 heteroatoms. The molecule has 0 radical (unpaired) electrons. The first kappa shape index (κ1) is 15.2. The van der Waals surface area contributed by atoms with Crippen LogP contribution < -0.4 is 5.36 Å². The van der Waals surface area contributed by atoms with E-state index in [0.717, 1.165) is 22.9 Å². The molecule has 0 aliphatic carbocycles. The molecule has 3 aromatic carbocycles. The lowest BCUT2D eigenvalue weighted by molar-refractivity contribution is 0.419. The van der Waals surface area contributed by atoms with Crippen LogP contribution in [0.5, 0.6) is 0 Å². The molecule has 112 valence electrons. The number of nitrogens with zero attached hydrogens (tertiary/aromatic N) is 2. The van der Waals surface area contributed by atoms with Crippen molar-refractivity contribution < 1.29 is 0 Å². The summed E-state index contributed by atoms with van der Waals surface area (Å²) in [6.07, 6.45) is 0. The maximum Gasteiger partial charge on any atom is 0.0731 e. The van der Waals surface area contributed by atoms with E-state index >= 15 is 0 Å². The Morgan fingerprint density at radius 2 is 1.55 bits per heavy atom. The topological polar surface area (TPSA) is 15.6 Å². The number of fused-ring (bicyclic) bond motifs is 2. The maximum absolute atomic E-state index is 4.92. The van der Waals surface area contributed by atoms with Gasteiger partial charge in [0.25, 0.3) is 0 Å². The molecular formula is C19H19BrN2. The first-order valence-corrected chi connectivity index (χ1v) is 8.21. The Labute approximate surface area is 139 Å². The second-order valence-corrected chi connectivity index (χ2v) is 6.51.